The molecule has 0 aromatic heterocycles. The Balaban J connectivity index is 2.13. The number of hydrogen-bond donors (Lipinski definition) is 2. The van der Waals surface area contributed by atoms with E-state index in [2.05, 4.69) is 11.6 Å². The highest BCUT2D eigenvalue weighted by Gasteiger charge is 2.32. The summed E-state index contributed by atoms with van der Waals surface area (Å²) in [6.07, 6.45) is 7.14. The van der Waals surface area contributed by atoms with Gasteiger partial charge in [-0.05, 0) is 26.0 Å². The summed E-state index contributed by atoms with van der Waals surface area (Å²) in [4.78, 5) is 0. The Morgan fingerprint density at radius 2 is 2.12 bits per heavy atom. The Labute approximate surface area is 103 Å². The topological polar surface area (TPSA) is 41.5 Å². The van der Waals surface area contributed by atoms with Crippen LogP contribution in [0, 0.1) is 0 Å². The lowest BCUT2D eigenvalue weighted by Crippen LogP contribution is -2.39. The lowest BCUT2D eigenvalue weighted by atomic mass is 10.1. The first kappa shape index (κ1) is 14.3. The average molecular weight is 247 g/mol. The maximum absolute atomic E-state index is 9.62. The predicted octanol–water partition coefficient (Wildman–Crippen LogP) is 1.65. The summed E-state index contributed by atoms with van der Waals surface area (Å²) >= 11 is 1.97. The first-order valence-electron chi connectivity index (χ1n) is 6.24. The Morgan fingerprint density at radius 3 is 2.69 bits per heavy atom. The standard InChI is InChI=1S/C12H25NO2S/c1-3-15-9-11(14)8-13-10-12(16-2)6-4-5-7-12/h11,13-14H,3-10H2,1-2H3. The Hall–Kier alpha value is 0.230. The van der Waals surface area contributed by atoms with E-state index in [0.717, 1.165) is 6.54 Å². The summed E-state index contributed by atoms with van der Waals surface area (Å²) in [5, 5.41) is 13.0. The third kappa shape index (κ3) is 4.62. The average Bonchev–Trinajstić information content (AvgIpc) is 2.76. The van der Waals surface area contributed by atoms with E-state index in [1.54, 1.807) is 0 Å². The van der Waals surface area contributed by atoms with Gasteiger partial charge in [0.25, 0.3) is 0 Å². The van der Waals surface area contributed by atoms with Crippen molar-refractivity contribution in [2.45, 2.75) is 43.5 Å². The second kappa shape index (κ2) is 7.54. The van der Waals surface area contributed by atoms with Crippen LogP contribution in [0.5, 0.6) is 0 Å². The van der Waals surface area contributed by atoms with E-state index in [1.165, 1.54) is 25.7 Å². The maximum atomic E-state index is 9.62. The molecule has 0 aromatic rings. The number of rotatable bonds is 8. The molecule has 1 fully saturated rings. The van der Waals surface area contributed by atoms with Crippen molar-refractivity contribution in [1.29, 1.82) is 0 Å². The van der Waals surface area contributed by atoms with E-state index in [4.69, 9.17) is 4.74 Å². The van der Waals surface area contributed by atoms with Gasteiger partial charge in [0.05, 0.1) is 12.7 Å². The quantitative estimate of drug-likeness (QED) is 0.684. The molecule has 0 heterocycles. The Kier molecular flexibility index (Phi) is 6.73. The minimum Gasteiger partial charge on any atom is -0.389 e. The number of aliphatic hydroxyl groups is 1. The molecule has 0 aliphatic heterocycles. The highest BCUT2D eigenvalue weighted by atomic mass is 32.2. The SMILES string of the molecule is CCOCC(O)CNCC1(SC)CCCC1. The van der Waals surface area contributed by atoms with Crippen molar-refractivity contribution >= 4 is 11.8 Å². The van der Waals surface area contributed by atoms with Crippen molar-refractivity contribution in [2.75, 3.05) is 32.6 Å². The van der Waals surface area contributed by atoms with Gasteiger partial charge in [0.1, 0.15) is 0 Å². The molecule has 0 radical (unpaired) electrons. The molecule has 0 bridgehead atoms. The zero-order chi connectivity index (χ0) is 11.9. The summed E-state index contributed by atoms with van der Waals surface area (Å²) in [5.41, 5.74) is 0. The van der Waals surface area contributed by atoms with Crippen LogP contribution in [0.25, 0.3) is 0 Å². The highest BCUT2D eigenvalue weighted by Crippen LogP contribution is 2.39. The maximum Gasteiger partial charge on any atom is 0.0897 e. The number of ether oxygens (including phenoxy) is 1. The van der Waals surface area contributed by atoms with Crippen molar-refractivity contribution in [2.24, 2.45) is 0 Å². The number of thioether (sulfide) groups is 1. The van der Waals surface area contributed by atoms with E-state index in [-0.39, 0.29) is 6.10 Å². The second-order valence-corrected chi connectivity index (χ2v) is 5.81. The van der Waals surface area contributed by atoms with E-state index in [1.807, 2.05) is 18.7 Å². The Bertz CT molecular complexity index is 184. The smallest absolute Gasteiger partial charge is 0.0897 e. The largest absolute Gasteiger partial charge is 0.389 e. The van der Waals surface area contributed by atoms with E-state index >= 15 is 0 Å². The summed E-state index contributed by atoms with van der Waals surface area (Å²) in [5.74, 6) is 0. The van der Waals surface area contributed by atoms with Crippen LogP contribution in [-0.4, -0.2) is 48.5 Å². The minimum absolute atomic E-state index is 0.375. The molecule has 1 rings (SSSR count). The second-order valence-electron chi connectivity index (χ2n) is 4.54. The van der Waals surface area contributed by atoms with Crippen LogP contribution >= 0.6 is 11.8 Å². The third-order valence-electron chi connectivity index (χ3n) is 3.29. The van der Waals surface area contributed by atoms with Gasteiger partial charge in [-0.2, -0.15) is 11.8 Å². The molecule has 16 heavy (non-hydrogen) atoms. The molecule has 1 aliphatic carbocycles. The molecule has 3 nitrogen and oxygen atoms in total. The first-order chi connectivity index (χ1) is 7.72. The van der Waals surface area contributed by atoms with Gasteiger partial charge in [-0.25, -0.2) is 0 Å². The molecule has 0 spiro atoms. The van der Waals surface area contributed by atoms with Gasteiger partial charge in [-0.1, -0.05) is 12.8 Å². The number of nitrogens with one attached hydrogen (secondary N) is 1. The molecule has 4 heteroatoms. The van der Waals surface area contributed by atoms with E-state index in [9.17, 15) is 5.11 Å². The Morgan fingerprint density at radius 1 is 1.44 bits per heavy atom. The van der Waals surface area contributed by atoms with Gasteiger partial charge in [0.2, 0.25) is 0 Å². The lowest BCUT2D eigenvalue weighted by molar-refractivity contribution is 0.0427. The molecule has 2 N–H and O–H groups in total. The summed E-state index contributed by atoms with van der Waals surface area (Å²) in [6, 6.07) is 0. The number of hydrogen-bond acceptors (Lipinski definition) is 4. The van der Waals surface area contributed by atoms with E-state index < -0.39 is 0 Å². The molecule has 0 aromatic carbocycles. The van der Waals surface area contributed by atoms with Crippen LogP contribution in [0.4, 0.5) is 0 Å². The molecule has 1 unspecified atom stereocenters. The van der Waals surface area contributed by atoms with Crippen molar-refractivity contribution in [3.8, 4) is 0 Å². The molecule has 1 aliphatic rings. The van der Waals surface area contributed by atoms with Gasteiger partial charge < -0.3 is 15.2 Å². The van der Waals surface area contributed by atoms with Crippen molar-refractivity contribution in [3.05, 3.63) is 0 Å². The normalized spacial score (nSPS) is 21.2. The molecule has 1 saturated carbocycles. The van der Waals surface area contributed by atoms with Crippen LogP contribution < -0.4 is 5.32 Å². The van der Waals surface area contributed by atoms with Crippen molar-refractivity contribution < 1.29 is 9.84 Å². The van der Waals surface area contributed by atoms with Gasteiger partial charge in [0, 0.05) is 24.4 Å². The number of aliphatic hydroxyl groups excluding tert-OH is 1. The van der Waals surface area contributed by atoms with Crippen LogP contribution in [-0.2, 0) is 4.74 Å². The molecule has 0 saturated heterocycles. The fourth-order valence-electron chi connectivity index (χ4n) is 2.25. The van der Waals surface area contributed by atoms with Crippen LogP contribution in [0.15, 0.2) is 0 Å². The summed E-state index contributed by atoms with van der Waals surface area (Å²) < 4.78 is 5.60. The van der Waals surface area contributed by atoms with Crippen LogP contribution in [0.3, 0.4) is 0 Å². The molecule has 96 valence electrons. The van der Waals surface area contributed by atoms with Crippen molar-refractivity contribution in [3.63, 3.8) is 0 Å². The summed E-state index contributed by atoms with van der Waals surface area (Å²) in [7, 11) is 0. The highest BCUT2D eigenvalue weighted by molar-refractivity contribution is 8.00. The molecular weight excluding hydrogens is 222 g/mol. The fourth-order valence-corrected chi connectivity index (χ4v) is 3.20. The third-order valence-corrected chi connectivity index (χ3v) is 4.71. The zero-order valence-electron chi connectivity index (χ0n) is 10.5. The zero-order valence-corrected chi connectivity index (χ0v) is 11.3. The fraction of sp³-hybridized carbons (Fsp3) is 1.00. The molecule has 1 atom stereocenters. The molecule has 0 amide bonds. The summed E-state index contributed by atoms with van der Waals surface area (Å²) in [6.45, 7) is 4.71. The lowest BCUT2D eigenvalue weighted by Gasteiger charge is -2.27. The van der Waals surface area contributed by atoms with Gasteiger partial charge in [-0.3, -0.25) is 0 Å². The molecular formula is C12H25NO2S. The van der Waals surface area contributed by atoms with Crippen LogP contribution in [0.1, 0.15) is 32.6 Å². The first-order valence-corrected chi connectivity index (χ1v) is 7.46. The van der Waals surface area contributed by atoms with Crippen molar-refractivity contribution in [1.82, 2.24) is 5.32 Å². The monoisotopic (exact) mass is 247 g/mol. The van der Waals surface area contributed by atoms with Gasteiger partial charge in [-0.15, -0.1) is 0 Å². The minimum atomic E-state index is -0.375. The van der Waals surface area contributed by atoms with Crippen LogP contribution in [0.2, 0.25) is 0 Å². The predicted molar refractivity (Wildman–Crippen MR) is 70.1 cm³/mol. The van der Waals surface area contributed by atoms with Gasteiger partial charge in [0.15, 0.2) is 0 Å². The van der Waals surface area contributed by atoms with E-state index in [0.29, 0.717) is 24.5 Å². The van der Waals surface area contributed by atoms with Gasteiger partial charge >= 0.3 is 0 Å².